The molecule has 3 nitrogen and oxygen atoms in total. The Bertz CT molecular complexity index is 523. The standard InChI is InChI=1S/C12H10F2N2O/c13-9-1-2-10(11(14)5-9)12(17)16-7-8-3-4-15-6-8/h1-6,15H,7H2,(H,16,17). The van der Waals surface area contributed by atoms with Crippen molar-refractivity contribution in [2.75, 3.05) is 0 Å². The van der Waals surface area contributed by atoms with Gasteiger partial charge in [-0.25, -0.2) is 8.78 Å². The van der Waals surface area contributed by atoms with Crippen LogP contribution < -0.4 is 5.32 Å². The number of hydrogen-bond donors (Lipinski definition) is 2. The van der Waals surface area contributed by atoms with Crippen molar-refractivity contribution >= 4 is 5.91 Å². The highest BCUT2D eigenvalue weighted by Crippen LogP contribution is 2.09. The zero-order valence-corrected chi connectivity index (χ0v) is 8.84. The summed E-state index contributed by atoms with van der Waals surface area (Å²) in [6.45, 7) is 0.291. The van der Waals surface area contributed by atoms with Gasteiger partial charge in [-0.3, -0.25) is 4.79 Å². The molecule has 0 unspecified atom stereocenters. The van der Waals surface area contributed by atoms with E-state index in [0.717, 1.165) is 17.7 Å². The summed E-state index contributed by atoms with van der Waals surface area (Å²) in [7, 11) is 0. The molecule has 1 heterocycles. The lowest BCUT2D eigenvalue weighted by Gasteiger charge is -2.04. The molecule has 0 atom stereocenters. The Morgan fingerprint density at radius 2 is 2.12 bits per heavy atom. The number of amides is 1. The van der Waals surface area contributed by atoms with Gasteiger partial charge in [0.2, 0.25) is 0 Å². The third kappa shape index (κ3) is 2.69. The predicted octanol–water partition coefficient (Wildman–Crippen LogP) is 2.22. The van der Waals surface area contributed by atoms with E-state index in [0.29, 0.717) is 12.6 Å². The van der Waals surface area contributed by atoms with Crippen LogP contribution in [-0.2, 0) is 6.54 Å². The molecule has 0 aliphatic heterocycles. The largest absolute Gasteiger partial charge is 0.367 e. The molecule has 0 aliphatic carbocycles. The summed E-state index contributed by atoms with van der Waals surface area (Å²) >= 11 is 0. The molecule has 1 amide bonds. The summed E-state index contributed by atoms with van der Waals surface area (Å²) in [6, 6.07) is 4.65. The van der Waals surface area contributed by atoms with E-state index in [-0.39, 0.29) is 5.56 Å². The number of hydrogen-bond acceptors (Lipinski definition) is 1. The summed E-state index contributed by atoms with van der Waals surface area (Å²) < 4.78 is 25.9. The maximum Gasteiger partial charge on any atom is 0.254 e. The molecule has 0 radical (unpaired) electrons. The van der Waals surface area contributed by atoms with E-state index < -0.39 is 17.5 Å². The number of aromatic amines is 1. The van der Waals surface area contributed by atoms with Gasteiger partial charge in [-0.2, -0.15) is 0 Å². The highest BCUT2D eigenvalue weighted by atomic mass is 19.1. The SMILES string of the molecule is O=C(NCc1cc[nH]c1)c1ccc(F)cc1F. The zero-order valence-electron chi connectivity index (χ0n) is 8.84. The second-order valence-corrected chi connectivity index (χ2v) is 3.53. The van der Waals surface area contributed by atoms with Gasteiger partial charge in [-0.05, 0) is 23.8 Å². The maximum atomic E-state index is 13.3. The van der Waals surface area contributed by atoms with Crippen LogP contribution in [0.15, 0.2) is 36.7 Å². The Balaban J connectivity index is 2.04. The van der Waals surface area contributed by atoms with Crippen LogP contribution in [0.25, 0.3) is 0 Å². The van der Waals surface area contributed by atoms with Gasteiger partial charge >= 0.3 is 0 Å². The number of carbonyl (C=O) groups is 1. The average molecular weight is 236 g/mol. The highest BCUT2D eigenvalue weighted by Gasteiger charge is 2.11. The molecule has 88 valence electrons. The quantitative estimate of drug-likeness (QED) is 0.843. The second kappa shape index (κ2) is 4.78. The van der Waals surface area contributed by atoms with Crippen molar-refractivity contribution in [2.24, 2.45) is 0 Å². The van der Waals surface area contributed by atoms with E-state index in [4.69, 9.17) is 0 Å². The van der Waals surface area contributed by atoms with E-state index >= 15 is 0 Å². The smallest absolute Gasteiger partial charge is 0.254 e. The highest BCUT2D eigenvalue weighted by molar-refractivity contribution is 5.94. The lowest BCUT2D eigenvalue weighted by molar-refractivity contribution is 0.0947. The molecule has 2 N–H and O–H groups in total. The van der Waals surface area contributed by atoms with Crippen molar-refractivity contribution in [2.45, 2.75) is 6.54 Å². The van der Waals surface area contributed by atoms with Gasteiger partial charge in [0, 0.05) is 25.0 Å². The van der Waals surface area contributed by atoms with Crippen LogP contribution in [0.5, 0.6) is 0 Å². The van der Waals surface area contributed by atoms with Gasteiger partial charge in [-0.15, -0.1) is 0 Å². The predicted molar refractivity (Wildman–Crippen MR) is 58.3 cm³/mol. The summed E-state index contributed by atoms with van der Waals surface area (Å²) in [5.74, 6) is -2.13. The average Bonchev–Trinajstić information content (AvgIpc) is 2.78. The molecule has 0 saturated heterocycles. The van der Waals surface area contributed by atoms with Crippen molar-refractivity contribution in [3.8, 4) is 0 Å². The zero-order chi connectivity index (χ0) is 12.3. The summed E-state index contributed by atoms with van der Waals surface area (Å²) in [5, 5.41) is 2.54. The van der Waals surface area contributed by atoms with E-state index in [2.05, 4.69) is 10.3 Å². The Hall–Kier alpha value is -2.17. The number of carbonyl (C=O) groups excluding carboxylic acids is 1. The number of halogens is 2. The van der Waals surface area contributed by atoms with Gasteiger partial charge < -0.3 is 10.3 Å². The molecule has 5 heteroatoms. The van der Waals surface area contributed by atoms with Crippen LogP contribution in [0.2, 0.25) is 0 Å². The molecule has 1 aromatic carbocycles. The minimum atomic E-state index is -0.864. The Kier molecular flexibility index (Phi) is 3.18. The topological polar surface area (TPSA) is 44.9 Å². The fourth-order valence-electron chi connectivity index (χ4n) is 1.42. The van der Waals surface area contributed by atoms with Crippen LogP contribution in [-0.4, -0.2) is 10.9 Å². The molecule has 1 aromatic heterocycles. The first-order valence-electron chi connectivity index (χ1n) is 5.02. The lowest BCUT2D eigenvalue weighted by atomic mass is 10.2. The van der Waals surface area contributed by atoms with Gasteiger partial charge in [0.25, 0.3) is 5.91 Å². The molecule has 0 saturated carbocycles. The van der Waals surface area contributed by atoms with Crippen LogP contribution >= 0.6 is 0 Å². The molecular formula is C12H10F2N2O. The molecule has 0 spiro atoms. The first-order chi connectivity index (χ1) is 8.16. The van der Waals surface area contributed by atoms with Crippen LogP contribution in [0.1, 0.15) is 15.9 Å². The fourth-order valence-corrected chi connectivity index (χ4v) is 1.42. The molecule has 17 heavy (non-hydrogen) atoms. The first-order valence-corrected chi connectivity index (χ1v) is 5.02. The second-order valence-electron chi connectivity index (χ2n) is 3.53. The van der Waals surface area contributed by atoms with Gasteiger partial charge in [0.15, 0.2) is 0 Å². The fraction of sp³-hybridized carbons (Fsp3) is 0.0833. The molecule has 0 aliphatic rings. The Labute approximate surface area is 96.5 Å². The third-order valence-corrected chi connectivity index (χ3v) is 2.29. The van der Waals surface area contributed by atoms with Crippen molar-refractivity contribution in [3.05, 3.63) is 59.4 Å². The molecule has 0 fully saturated rings. The summed E-state index contributed by atoms with van der Waals surface area (Å²) in [6.07, 6.45) is 3.45. The normalized spacial score (nSPS) is 10.2. The number of H-pyrrole nitrogens is 1. The number of aromatic nitrogens is 1. The molecule has 2 rings (SSSR count). The van der Waals surface area contributed by atoms with Gasteiger partial charge in [0.05, 0.1) is 5.56 Å². The maximum absolute atomic E-state index is 13.3. The molecule has 0 bridgehead atoms. The lowest BCUT2D eigenvalue weighted by Crippen LogP contribution is -2.23. The monoisotopic (exact) mass is 236 g/mol. The molecule has 2 aromatic rings. The van der Waals surface area contributed by atoms with Gasteiger partial charge in [0.1, 0.15) is 11.6 Å². The van der Waals surface area contributed by atoms with Crippen molar-refractivity contribution in [1.82, 2.24) is 10.3 Å². The number of rotatable bonds is 3. The van der Waals surface area contributed by atoms with Crippen molar-refractivity contribution < 1.29 is 13.6 Å². The number of nitrogens with one attached hydrogen (secondary N) is 2. The van der Waals surface area contributed by atoms with Crippen molar-refractivity contribution in [3.63, 3.8) is 0 Å². The van der Waals surface area contributed by atoms with E-state index in [1.807, 2.05) is 0 Å². The van der Waals surface area contributed by atoms with Gasteiger partial charge in [-0.1, -0.05) is 0 Å². The van der Waals surface area contributed by atoms with Crippen LogP contribution in [0.4, 0.5) is 8.78 Å². The van der Waals surface area contributed by atoms with E-state index in [9.17, 15) is 13.6 Å². The minimum absolute atomic E-state index is 0.165. The third-order valence-electron chi connectivity index (χ3n) is 2.29. The minimum Gasteiger partial charge on any atom is -0.367 e. The van der Waals surface area contributed by atoms with Crippen LogP contribution in [0.3, 0.4) is 0 Å². The van der Waals surface area contributed by atoms with Crippen LogP contribution in [0, 0.1) is 11.6 Å². The van der Waals surface area contributed by atoms with Crippen molar-refractivity contribution in [1.29, 1.82) is 0 Å². The molecular weight excluding hydrogens is 226 g/mol. The summed E-state index contributed by atoms with van der Waals surface area (Å²) in [5.41, 5.74) is 0.711. The van der Waals surface area contributed by atoms with E-state index in [1.165, 1.54) is 0 Å². The number of benzene rings is 1. The van der Waals surface area contributed by atoms with E-state index in [1.54, 1.807) is 18.5 Å². The Morgan fingerprint density at radius 3 is 2.76 bits per heavy atom. The first kappa shape index (κ1) is 11.3. The summed E-state index contributed by atoms with van der Waals surface area (Å²) in [4.78, 5) is 14.4. The Morgan fingerprint density at radius 1 is 1.29 bits per heavy atom.